The Balaban J connectivity index is 1.96. The van der Waals surface area contributed by atoms with Gasteiger partial charge < -0.3 is 4.42 Å². The third-order valence-corrected chi connectivity index (χ3v) is 2.97. The number of hydrogen-bond acceptors (Lipinski definition) is 6. The summed E-state index contributed by atoms with van der Waals surface area (Å²) < 4.78 is 36.2. The summed E-state index contributed by atoms with van der Waals surface area (Å²) in [6, 6.07) is 1.73. The van der Waals surface area contributed by atoms with Crippen LogP contribution in [0.25, 0.3) is 11.5 Å². The second-order valence-corrected chi connectivity index (χ2v) is 5.13. The summed E-state index contributed by atoms with van der Waals surface area (Å²) >= 11 is 0. The summed E-state index contributed by atoms with van der Waals surface area (Å²) in [6.45, 7) is 0.393. The van der Waals surface area contributed by atoms with Gasteiger partial charge in [-0.2, -0.15) is 8.42 Å². The van der Waals surface area contributed by atoms with E-state index >= 15 is 0 Å². The highest BCUT2D eigenvalue weighted by molar-refractivity contribution is 7.85. The molecule has 0 spiro atoms. The fourth-order valence-corrected chi connectivity index (χ4v) is 1.84. The molecule has 2 heterocycles. The fraction of sp³-hybridized carbons (Fsp3) is 0.333. The number of rotatable bonds is 5. The van der Waals surface area contributed by atoms with Crippen molar-refractivity contribution in [2.24, 2.45) is 0 Å². The molecule has 2 aromatic rings. The second-order valence-electron chi connectivity index (χ2n) is 3.56. The number of aromatic nitrogens is 4. The summed E-state index contributed by atoms with van der Waals surface area (Å²) in [5.41, 5.74) is 0.679. The second kappa shape index (κ2) is 5.19. The van der Waals surface area contributed by atoms with Crippen LogP contribution in [-0.2, 0) is 16.7 Å². The van der Waals surface area contributed by atoms with Gasteiger partial charge in [-0.1, -0.05) is 4.68 Å². The molecule has 0 aromatic carbocycles. The molecule has 2 rings (SSSR count). The molecule has 9 heteroatoms. The molecule has 0 atom stereocenters. The Morgan fingerprint density at radius 2 is 2.28 bits per heavy atom. The van der Waals surface area contributed by atoms with Crippen molar-refractivity contribution in [3.05, 3.63) is 24.9 Å². The van der Waals surface area contributed by atoms with E-state index in [9.17, 15) is 8.42 Å². The van der Waals surface area contributed by atoms with Gasteiger partial charge in [0.15, 0.2) is 12.7 Å². The quantitative estimate of drug-likeness (QED) is 0.587. The molecule has 96 valence electrons. The van der Waals surface area contributed by atoms with Crippen LogP contribution < -0.4 is 4.68 Å². The molecule has 0 saturated carbocycles. The lowest BCUT2D eigenvalue weighted by molar-refractivity contribution is -0.753. The minimum absolute atomic E-state index is 0.285. The predicted molar refractivity (Wildman–Crippen MR) is 58.8 cm³/mol. The monoisotopic (exact) mass is 271 g/mol. The van der Waals surface area contributed by atoms with E-state index in [1.807, 2.05) is 0 Å². The average molecular weight is 271 g/mol. The lowest BCUT2D eigenvalue weighted by Gasteiger charge is -1.95. The van der Waals surface area contributed by atoms with Gasteiger partial charge in [-0.25, -0.2) is 0 Å². The SMILES string of the molecule is O=S(=O)(O)CCC[n+]1ccc(-c2nnco2)cn1. The maximum Gasteiger partial charge on any atom is 0.265 e. The number of hydrogen-bond donors (Lipinski definition) is 1. The molecule has 0 aliphatic rings. The van der Waals surface area contributed by atoms with E-state index in [0.717, 1.165) is 0 Å². The average Bonchev–Trinajstić information content (AvgIpc) is 2.82. The number of aryl methyl sites for hydroxylation is 1. The van der Waals surface area contributed by atoms with Gasteiger partial charge in [-0.15, -0.1) is 10.2 Å². The topological polar surface area (TPSA) is 110 Å². The van der Waals surface area contributed by atoms with E-state index < -0.39 is 10.1 Å². The zero-order valence-corrected chi connectivity index (χ0v) is 10.1. The van der Waals surface area contributed by atoms with E-state index in [-0.39, 0.29) is 12.2 Å². The molecule has 2 aromatic heterocycles. The maximum atomic E-state index is 10.5. The third kappa shape index (κ3) is 3.57. The van der Waals surface area contributed by atoms with E-state index in [4.69, 9.17) is 8.97 Å². The molecular weight excluding hydrogens is 260 g/mol. The van der Waals surface area contributed by atoms with Gasteiger partial charge in [0.1, 0.15) is 6.20 Å². The summed E-state index contributed by atoms with van der Waals surface area (Å²) in [7, 11) is -3.91. The Morgan fingerprint density at radius 3 is 2.83 bits per heavy atom. The first-order chi connectivity index (χ1) is 8.54. The van der Waals surface area contributed by atoms with Crippen molar-refractivity contribution in [1.29, 1.82) is 0 Å². The van der Waals surface area contributed by atoms with Crippen molar-refractivity contribution < 1.29 is 22.1 Å². The van der Waals surface area contributed by atoms with Crippen molar-refractivity contribution in [2.45, 2.75) is 13.0 Å². The van der Waals surface area contributed by atoms with Gasteiger partial charge >= 0.3 is 0 Å². The Labute approximate surface area is 103 Å². The van der Waals surface area contributed by atoms with E-state index in [1.165, 1.54) is 6.39 Å². The summed E-state index contributed by atoms with van der Waals surface area (Å²) in [6.07, 6.45) is 4.73. The smallest absolute Gasteiger partial charge is 0.265 e. The van der Waals surface area contributed by atoms with E-state index in [2.05, 4.69) is 15.3 Å². The minimum atomic E-state index is -3.91. The van der Waals surface area contributed by atoms with Gasteiger partial charge in [0.25, 0.3) is 10.1 Å². The molecule has 0 aliphatic carbocycles. The van der Waals surface area contributed by atoms with Crippen molar-refractivity contribution in [3.63, 3.8) is 0 Å². The molecule has 8 nitrogen and oxygen atoms in total. The first kappa shape index (κ1) is 12.6. The zero-order valence-electron chi connectivity index (χ0n) is 9.30. The number of nitrogens with zero attached hydrogens (tertiary/aromatic N) is 4. The molecule has 0 fully saturated rings. The standard InChI is InChI=1S/C9H10N4O4S/c14-18(15,16)5-1-3-13-4-2-8(6-11-13)9-12-10-7-17-9/h2,4,6-7H,1,3,5H2/p+1. The van der Waals surface area contributed by atoms with Crippen LogP contribution in [0.2, 0.25) is 0 Å². The molecule has 0 radical (unpaired) electrons. The van der Waals surface area contributed by atoms with Crippen LogP contribution in [0.5, 0.6) is 0 Å². The van der Waals surface area contributed by atoms with Crippen LogP contribution in [0.3, 0.4) is 0 Å². The normalized spacial score (nSPS) is 11.6. The lowest BCUT2D eigenvalue weighted by atomic mass is 10.3. The van der Waals surface area contributed by atoms with Gasteiger partial charge in [0.05, 0.1) is 11.3 Å². The Hall–Kier alpha value is -1.87. The van der Waals surface area contributed by atoms with Gasteiger partial charge in [0.2, 0.25) is 12.3 Å². The van der Waals surface area contributed by atoms with Crippen LogP contribution >= 0.6 is 0 Å². The lowest BCUT2D eigenvalue weighted by Crippen LogP contribution is -2.38. The molecule has 0 bridgehead atoms. The van der Waals surface area contributed by atoms with Crippen LogP contribution in [-0.4, -0.2) is 34.0 Å². The Morgan fingerprint density at radius 1 is 1.44 bits per heavy atom. The van der Waals surface area contributed by atoms with Crippen LogP contribution in [0, 0.1) is 0 Å². The van der Waals surface area contributed by atoms with Crippen molar-refractivity contribution in [2.75, 3.05) is 5.75 Å². The molecule has 0 aliphatic heterocycles. The van der Waals surface area contributed by atoms with Crippen LogP contribution in [0.4, 0.5) is 0 Å². The largest absolute Gasteiger partial charge is 0.423 e. The molecule has 0 unspecified atom stereocenters. The fourth-order valence-electron chi connectivity index (χ4n) is 1.35. The summed E-state index contributed by atoms with van der Waals surface area (Å²) in [5, 5.41) is 11.4. The van der Waals surface area contributed by atoms with E-state index in [0.29, 0.717) is 18.0 Å². The molecular formula is C9H11N4O4S+. The van der Waals surface area contributed by atoms with Gasteiger partial charge in [-0.05, 0) is 5.10 Å². The van der Waals surface area contributed by atoms with Crippen LogP contribution in [0.1, 0.15) is 6.42 Å². The summed E-state index contributed by atoms with van der Waals surface area (Å²) in [4.78, 5) is 0. The van der Waals surface area contributed by atoms with Crippen molar-refractivity contribution in [3.8, 4) is 11.5 Å². The molecule has 18 heavy (non-hydrogen) atoms. The zero-order chi connectivity index (χ0) is 13.0. The first-order valence-electron chi connectivity index (χ1n) is 5.12. The van der Waals surface area contributed by atoms with E-state index in [1.54, 1.807) is 23.1 Å². The van der Waals surface area contributed by atoms with Gasteiger partial charge in [0, 0.05) is 12.5 Å². The predicted octanol–water partition coefficient (Wildman–Crippen LogP) is -0.303. The minimum Gasteiger partial charge on any atom is -0.423 e. The molecule has 1 N–H and O–H groups in total. The highest BCUT2D eigenvalue weighted by Crippen LogP contribution is 2.11. The third-order valence-electron chi connectivity index (χ3n) is 2.17. The Kier molecular flexibility index (Phi) is 3.63. The van der Waals surface area contributed by atoms with Crippen molar-refractivity contribution >= 4 is 10.1 Å². The highest BCUT2D eigenvalue weighted by atomic mass is 32.2. The van der Waals surface area contributed by atoms with Crippen LogP contribution in [0.15, 0.2) is 29.3 Å². The van der Waals surface area contributed by atoms with Crippen molar-refractivity contribution in [1.82, 2.24) is 15.3 Å². The molecule has 0 amide bonds. The highest BCUT2D eigenvalue weighted by Gasteiger charge is 2.10. The molecule has 0 saturated heterocycles. The summed E-state index contributed by atoms with van der Waals surface area (Å²) in [5.74, 6) is 0.0835. The maximum absolute atomic E-state index is 10.5. The first-order valence-corrected chi connectivity index (χ1v) is 6.73. The van der Waals surface area contributed by atoms with Gasteiger partial charge in [-0.3, -0.25) is 4.55 Å². The Bertz CT molecular complexity index is 594.